The first-order valence-electron chi connectivity index (χ1n) is 6.89. The van der Waals surface area contributed by atoms with Crippen molar-refractivity contribution in [2.75, 3.05) is 18.0 Å². The maximum atomic E-state index is 5.95. The van der Waals surface area contributed by atoms with Crippen molar-refractivity contribution >= 4 is 17.5 Å². The van der Waals surface area contributed by atoms with Crippen LogP contribution in [0.1, 0.15) is 56.7 Å². The molecule has 2 heterocycles. The molecular formula is C14H22ClN3. The van der Waals surface area contributed by atoms with E-state index in [2.05, 4.69) is 23.7 Å². The summed E-state index contributed by atoms with van der Waals surface area (Å²) in [7, 11) is 0. The van der Waals surface area contributed by atoms with Crippen molar-refractivity contribution in [1.82, 2.24) is 9.97 Å². The highest BCUT2D eigenvalue weighted by Gasteiger charge is 2.15. The monoisotopic (exact) mass is 267 g/mol. The molecule has 3 nitrogen and oxygen atoms in total. The summed E-state index contributed by atoms with van der Waals surface area (Å²) in [5, 5.41) is 0. The predicted molar refractivity (Wildman–Crippen MR) is 76.4 cm³/mol. The molecule has 2 rings (SSSR count). The van der Waals surface area contributed by atoms with Gasteiger partial charge in [-0.1, -0.05) is 26.7 Å². The Balaban J connectivity index is 2.24. The van der Waals surface area contributed by atoms with Crippen LogP contribution in [0.4, 0.5) is 5.95 Å². The molecule has 0 aliphatic carbocycles. The third-order valence-corrected chi connectivity index (χ3v) is 3.75. The molecule has 1 aromatic heterocycles. The van der Waals surface area contributed by atoms with E-state index in [9.17, 15) is 0 Å². The highest BCUT2D eigenvalue weighted by molar-refractivity contribution is 6.17. The van der Waals surface area contributed by atoms with E-state index in [0.717, 1.165) is 30.3 Å². The van der Waals surface area contributed by atoms with E-state index in [4.69, 9.17) is 16.6 Å². The van der Waals surface area contributed by atoms with Crippen LogP contribution < -0.4 is 4.90 Å². The molecule has 0 amide bonds. The summed E-state index contributed by atoms with van der Waals surface area (Å²) in [4.78, 5) is 11.5. The van der Waals surface area contributed by atoms with E-state index in [-0.39, 0.29) is 0 Å². The van der Waals surface area contributed by atoms with Crippen LogP contribution >= 0.6 is 11.6 Å². The van der Waals surface area contributed by atoms with E-state index >= 15 is 0 Å². The summed E-state index contributed by atoms with van der Waals surface area (Å²) in [5.74, 6) is 1.77. The molecule has 0 N–H and O–H groups in total. The third kappa shape index (κ3) is 3.14. The van der Waals surface area contributed by atoms with Crippen LogP contribution in [0.5, 0.6) is 0 Å². The average molecular weight is 268 g/mol. The van der Waals surface area contributed by atoms with Gasteiger partial charge in [0.1, 0.15) is 0 Å². The van der Waals surface area contributed by atoms with E-state index < -0.39 is 0 Å². The lowest BCUT2D eigenvalue weighted by Crippen LogP contribution is -2.26. The van der Waals surface area contributed by atoms with Gasteiger partial charge in [0.25, 0.3) is 0 Å². The molecule has 1 aromatic rings. The minimum atomic E-state index is 0.396. The highest BCUT2D eigenvalue weighted by atomic mass is 35.5. The zero-order chi connectivity index (χ0) is 13.0. The SMILES string of the molecule is CC(C)c1nc(N2CCCCCC2)ncc1CCl. The normalized spacial score (nSPS) is 17.0. The number of anilines is 1. The molecule has 0 saturated carbocycles. The minimum Gasteiger partial charge on any atom is -0.341 e. The van der Waals surface area contributed by atoms with Crippen molar-refractivity contribution in [1.29, 1.82) is 0 Å². The van der Waals surface area contributed by atoms with Crippen LogP contribution in [0.2, 0.25) is 0 Å². The van der Waals surface area contributed by atoms with E-state index in [1.54, 1.807) is 0 Å². The van der Waals surface area contributed by atoms with Crippen molar-refractivity contribution < 1.29 is 0 Å². The maximum Gasteiger partial charge on any atom is 0.225 e. The molecule has 0 bridgehead atoms. The lowest BCUT2D eigenvalue weighted by molar-refractivity contribution is 0.726. The Labute approximate surface area is 115 Å². The van der Waals surface area contributed by atoms with Gasteiger partial charge in [-0.15, -0.1) is 11.6 Å². The second-order valence-corrected chi connectivity index (χ2v) is 5.54. The summed E-state index contributed by atoms with van der Waals surface area (Å²) >= 11 is 5.95. The molecule has 18 heavy (non-hydrogen) atoms. The number of halogens is 1. The molecule has 1 aliphatic rings. The highest BCUT2D eigenvalue weighted by Crippen LogP contribution is 2.22. The Bertz CT molecular complexity index is 385. The first-order chi connectivity index (χ1) is 8.72. The number of hydrogen-bond donors (Lipinski definition) is 0. The zero-order valence-electron chi connectivity index (χ0n) is 11.3. The van der Waals surface area contributed by atoms with Gasteiger partial charge >= 0.3 is 0 Å². The van der Waals surface area contributed by atoms with Gasteiger partial charge in [-0.25, -0.2) is 9.97 Å². The third-order valence-electron chi connectivity index (χ3n) is 3.47. The van der Waals surface area contributed by atoms with Crippen LogP contribution in [0, 0.1) is 0 Å². The van der Waals surface area contributed by atoms with Gasteiger partial charge in [0.2, 0.25) is 5.95 Å². The van der Waals surface area contributed by atoms with Gasteiger partial charge < -0.3 is 4.90 Å². The van der Waals surface area contributed by atoms with Gasteiger partial charge in [0.15, 0.2) is 0 Å². The van der Waals surface area contributed by atoms with Crippen LogP contribution in [-0.4, -0.2) is 23.1 Å². The second-order valence-electron chi connectivity index (χ2n) is 5.27. The quantitative estimate of drug-likeness (QED) is 0.782. The Morgan fingerprint density at radius 1 is 1.22 bits per heavy atom. The van der Waals surface area contributed by atoms with E-state index in [1.165, 1.54) is 25.7 Å². The first-order valence-corrected chi connectivity index (χ1v) is 7.42. The molecule has 0 atom stereocenters. The Hall–Kier alpha value is -0.830. The standard InChI is InChI=1S/C14H22ClN3/c1-11(2)13-12(9-15)10-16-14(17-13)18-7-5-3-4-6-8-18/h10-11H,3-9H2,1-2H3. The van der Waals surface area contributed by atoms with Crippen LogP contribution in [0.15, 0.2) is 6.20 Å². The lowest BCUT2D eigenvalue weighted by Gasteiger charge is -2.22. The molecule has 1 aliphatic heterocycles. The Morgan fingerprint density at radius 3 is 2.44 bits per heavy atom. The van der Waals surface area contributed by atoms with Crippen molar-refractivity contribution in [2.45, 2.75) is 51.3 Å². The van der Waals surface area contributed by atoms with Crippen LogP contribution in [0.25, 0.3) is 0 Å². The summed E-state index contributed by atoms with van der Waals surface area (Å²) in [6.07, 6.45) is 7.05. The molecule has 1 saturated heterocycles. The molecule has 0 radical (unpaired) electrons. The molecule has 0 unspecified atom stereocenters. The van der Waals surface area contributed by atoms with Crippen LogP contribution in [-0.2, 0) is 5.88 Å². The smallest absolute Gasteiger partial charge is 0.225 e. The van der Waals surface area contributed by atoms with Crippen molar-refractivity contribution in [3.63, 3.8) is 0 Å². The fourth-order valence-electron chi connectivity index (χ4n) is 2.44. The van der Waals surface area contributed by atoms with Gasteiger partial charge in [0.05, 0.1) is 11.6 Å². The van der Waals surface area contributed by atoms with Gasteiger partial charge in [-0.05, 0) is 18.8 Å². The zero-order valence-corrected chi connectivity index (χ0v) is 12.1. The molecule has 100 valence electrons. The number of alkyl halides is 1. The number of hydrogen-bond acceptors (Lipinski definition) is 3. The Kier molecular flexibility index (Phi) is 4.81. The molecule has 0 spiro atoms. The van der Waals surface area contributed by atoms with Crippen molar-refractivity contribution in [3.05, 3.63) is 17.5 Å². The van der Waals surface area contributed by atoms with Crippen molar-refractivity contribution in [3.8, 4) is 0 Å². The average Bonchev–Trinajstić information content (AvgIpc) is 2.66. The molecule has 1 fully saturated rings. The topological polar surface area (TPSA) is 29.0 Å². The number of rotatable bonds is 3. The summed E-state index contributed by atoms with van der Waals surface area (Å²) in [6.45, 7) is 6.48. The molecule has 0 aromatic carbocycles. The fourth-order valence-corrected chi connectivity index (χ4v) is 2.64. The predicted octanol–water partition coefficient (Wildman–Crippen LogP) is 3.72. The second kappa shape index (κ2) is 6.37. The van der Waals surface area contributed by atoms with Crippen LogP contribution in [0.3, 0.4) is 0 Å². The maximum absolute atomic E-state index is 5.95. The molecule has 4 heteroatoms. The van der Waals surface area contributed by atoms with Gasteiger partial charge in [-0.3, -0.25) is 0 Å². The minimum absolute atomic E-state index is 0.396. The Morgan fingerprint density at radius 2 is 1.89 bits per heavy atom. The summed E-state index contributed by atoms with van der Waals surface area (Å²) in [6, 6.07) is 0. The van der Waals surface area contributed by atoms with E-state index in [1.807, 2.05) is 6.20 Å². The summed E-state index contributed by atoms with van der Waals surface area (Å²) in [5.41, 5.74) is 2.16. The number of aromatic nitrogens is 2. The lowest BCUT2D eigenvalue weighted by atomic mass is 10.1. The largest absolute Gasteiger partial charge is 0.341 e. The number of nitrogens with zero attached hydrogens (tertiary/aromatic N) is 3. The molecular weight excluding hydrogens is 246 g/mol. The van der Waals surface area contributed by atoms with E-state index in [0.29, 0.717) is 11.8 Å². The van der Waals surface area contributed by atoms with Crippen molar-refractivity contribution in [2.24, 2.45) is 0 Å². The fraction of sp³-hybridized carbons (Fsp3) is 0.714. The first kappa shape index (κ1) is 13.6. The van der Waals surface area contributed by atoms with Gasteiger partial charge in [0, 0.05) is 24.8 Å². The summed E-state index contributed by atoms with van der Waals surface area (Å²) < 4.78 is 0. The van der Waals surface area contributed by atoms with Gasteiger partial charge in [-0.2, -0.15) is 0 Å².